The van der Waals surface area contributed by atoms with E-state index in [1.807, 2.05) is 22.7 Å². The highest BCUT2D eigenvalue weighted by atomic mass is 32.1. The molecule has 2 aromatic heterocycles. The van der Waals surface area contributed by atoms with Gasteiger partial charge in [0, 0.05) is 16.3 Å². The van der Waals surface area contributed by atoms with Crippen molar-refractivity contribution in [2.24, 2.45) is 5.92 Å². The Kier molecular flexibility index (Phi) is 8.85. The molecule has 0 atom stereocenters. The number of hydrogen-bond acceptors (Lipinski definition) is 3. The van der Waals surface area contributed by atoms with Gasteiger partial charge in [-0.25, -0.2) is 0 Å². The van der Waals surface area contributed by atoms with Crippen molar-refractivity contribution in [2.75, 3.05) is 0 Å². The lowest BCUT2D eigenvalue weighted by molar-refractivity contribution is 0.589. The predicted octanol–water partition coefficient (Wildman–Crippen LogP) is 7.89. The lowest BCUT2D eigenvalue weighted by Gasteiger charge is -2.11. The lowest BCUT2D eigenvalue weighted by atomic mass is 10.0. The van der Waals surface area contributed by atoms with Crippen molar-refractivity contribution >= 4 is 28.4 Å². The Hall–Kier alpha value is -1.32. The van der Waals surface area contributed by atoms with Crippen LogP contribution in [0.4, 0.5) is 0 Å². The maximum atomic E-state index is 3.73. The van der Waals surface area contributed by atoms with Crippen LogP contribution in [0.5, 0.6) is 0 Å². The normalized spacial score (nSPS) is 12.9. The summed E-state index contributed by atoms with van der Waals surface area (Å²) in [6.07, 6.45) is 9.48. The van der Waals surface area contributed by atoms with Gasteiger partial charge in [0.25, 0.3) is 0 Å². The van der Waals surface area contributed by atoms with E-state index in [1.54, 1.807) is 4.88 Å². The summed E-state index contributed by atoms with van der Waals surface area (Å²) in [5.74, 6) is 0.751. The second kappa shape index (κ2) is 10.9. The van der Waals surface area contributed by atoms with Crippen LogP contribution in [0, 0.1) is 19.8 Å². The third-order valence-electron chi connectivity index (χ3n) is 4.90. The molecular formula is C24H35NS2. The van der Waals surface area contributed by atoms with Crippen LogP contribution in [-0.4, -0.2) is 0 Å². The highest BCUT2D eigenvalue weighted by molar-refractivity contribution is 7.13. The maximum absolute atomic E-state index is 3.73. The molecule has 0 aliphatic rings. The molecular weight excluding hydrogens is 366 g/mol. The largest absolute Gasteiger partial charge is 0.379 e. The second-order valence-corrected chi connectivity index (χ2v) is 9.90. The predicted molar refractivity (Wildman–Crippen MR) is 125 cm³/mol. The molecule has 1 nitrogen and oxygen atoms in total. The molecule has 2 heterocycles. The van der Waals surface area contributed by atoms with E-state index in [9.17, 15) is 0 Å². The molecule has 0 amide bonds. The van der Waals surface area contributed by atoms with Crippen molar-refractivity contribution in [1.82, 2.24) is 5.32 Å². The van der Waals surface area contributed by atoms with Gasteiger partial charge in [0.15, 0.2) is 0 Å². The lowest BCUT2D eigenvalue weighted by Crippen LogP contribution is -2.11. The van der Waals surface area contributed by atoms with Crippen LogP contribution in [0.3, 0.4) is 0 Å². The third kappa shape index (κ3) is 6.65. The van der Waals surface area contributed by atoms with Crippen LogP contribution >= 0.6 is 22.7 Å². The molecule has 2 aromatic rings. The number of hydrogen-bond donors (Lipinski definition) is 1. The molecule has 0 aliphatic carbocycles. The van der Waals surface area contributed by atoms with Crippen LogP contribution in [0.2, 0.25) is 0 Å². The maximum Gasteiger partial charge on any atom is 0.0536 e. The molecule has 0 bridgehead atoms. The molecule has 148 valence electrons. The van der Waals surface area contributed by atoms with Crippen LogP contribution in [0.25, 0.3) is 5.70 Å². The Morgan fingerprint density at radius 3 is 2.63 bits per heavy atom. The average molecular weight is 402 g/mol. The smallest absolute Gasteiger partial charge is 0.0536 e. The molecule has 3 heteroatoms. The zero-order valence-electron chi connectivity index (χ0n) is 17.8. The number of aryl methyl sites for hydroxylation is 1. The summed E-state index contributed by atoms with van der Waals surface area (Å²) in [6.45, 7) is 14.5. The van der Waals surface area contributed by atoms with Crippen LogP contribution in [0.15, 0.2) is 35.2 Å². The fraction of sp³-hybridized carbons (Fsp3) is 0.500. The summed E-state index contributed by atoms with van der Waals surface area (Å²) in [4.78, 5) is 4.34. The van der Waals surface area contributed by atoms with E-state index in [2.05, 4.69) is 76.5 Å². The minimum Gasteiger partial charge on any atom is -0.379 e. The van der Waals surface area contributed by atoms with Gasteiger partial charge in [-0.1, -0.05) is 44.9 Å². The molecule has 0 radical (unpaired) electrons. The Bertz CT molecular complexity index is 761. The monoisotopic (exact) mass is 401 g/mol. The minimum absolute atomic E-state index is 0.751. The van der Waals surface area contributed by atoms with E-state index in [4.69, 9.17) is 0 Å². The molecule has 0 aliphatic heterocycles. The molecule has 0 aromatic carbocycles. The molecule has 0 saturated heterocycles. The molecule has 0 saturated carbocycles. The molecule has 0 unspecified atom stereocenters. The Balaban J connectivity index is 2.31. The van der Waals surface area contributed by atoms with Gasteiger partial charge in [-0.2, -0.15) is 0 Å². The zero-order chi connectivity index (χ0) is 19.8. The van der Waals surface area contributed by atoms with Crippen molar-refractivity contribution in [3.63, 3.8) is 0 Å². The molecule has 0 spiro atoms. The number of thiophene rings is 2. The zero-order valence-corrected chi connectivity index (χ0v) is 19.4. The first-order valence-corrected chi connectivity index (χ1v) is 11.9. The van der Waals surface area contributed by atoms with Crippen molar-refractivity contribution in [1.29, 1.82) is 0 Å². The Labute approximate surface area is 174 Å². The number of nitrogens with one attached hydrogen (secondary N) is 1. The van der Waals surface area contributed by atoms with Crippen molar-refractivity contribution in [3.8, 4) is 0 Å². The number of rotatable bonds is 10. The fourth-order valence-electron chi connectivity index (χ4n) is 3.02. The first-order chi connectivity index (χ1) is 12.9. The van der Waals surface area contributed by atoms with E-state index in [-0.39, 0.29) is 0 Å². The van der Waals surface area contributed by atoms with Crippen LogP contribution < -0.4 is 5.32 Å². The van der Waals surface area contributed by atoms with Crippen LogP contribution in [0.1, 0.15) is 72.7 Å². The molecule has 1 N–H and O–H groups in total. The Morgan fingerprint density at radius 2 is 2.00 bits per heavy atom. The van der Waals surface area contributed by atoms with Gasteiger partial charge in [0.05, 0.1) is 10.6 Å². The summed E-state index contributed by atoms with van der Waals surface area (Å²) < 4.78 is 0. The third-order valence-corrected chi connectivity index (χ3v) is 7.26. The van der Waals surface area contributed by atoms with Crippen molar-refractivity contribution in [3.05, 3.63) is 61.0 Å². The Morgan fingerprint density at radius 1 is 1.22 bits per heavy atom. The van der Waals surface area contributed by atoms with Gasteiger partial charge in [0.2, 0.25) is 0 Å². The van der Waals surface area contributed by atoms with Crippen molar-refractivity contribution < 1.29 is 0 Å². The summed E-state index contributed by atoms with van der Waals surface area (Å²) in [7, 11) is 0. The average Bonchev–Trinajstić information content (AvgIpc) is 3.25. The fourth-order valence-corrected chi connectivity index (χ4v) is 4.99. The molecule has 0 fully saturated rings. The number of allylic oxidation sites excluding steroid dienone is 3. The van der Waals surface area contributed by atoms with Gasteiger partial charge < -0.3 is 5.32 Å². The van der Waals surface area contributed by atoms with Crippen molar-refractivity contribution in [2.45, 2.75) is 73.8 Å². The molecule has 27 heavy (non-hydrogen) atoms. The van der Waals surface area contributed by atoms with E-state index < -0.39 is 0 Å². The summed E-state index contributed by atoms with van der Waals surface area (Å²) >= 11 is 3.80. The van der Waals surface area contributed by atoms with E-state index in [0.717, 1.165) is 18.9 Å². The topological polar surface area (TPSA) is 12.0 Å². The van der Waals surface area contributed by atoms with E-state index >= 15 is 0 Å². The van der Waals surface area contributed by atoms with E-state index in [0.29, 0.717) is 0 Å². The minimum atomic E-state index is 0.751. The summed E-state index contributed by atoms with van der Waals surface area (Å²) in [6, 6.07) is 4.33. The first-order valence-electron chi connectivity index (χ1n) is 10.2. The van der Waals surface area contributed by atoms with E-state index in [1.165, 1.54) is 51.4 Å². The quantitative estimate of drug-likeness (QED) is 0.399. The molecule has 2 rings (SSSR count). The van der Waals surface area contributed by atoms with Gasteiger partial charge in [-0.3, -0.25) is 0 Å². The van der Waals surface area contributed by atoms with Gasteiger partial charge in [0.1, 0.15) is 0 Å². The van der Waals surface area contributed by atoms with Gasteiger partial charge in [-0.05, 0) is 74.6 Å². The van der Waals surface area contributed by atoms with Gasteiger partial charge in [-0.15, -0.1) is 22.7 Å². The summed E-state index contributed by atoms with van der Waals surface area (Å²) in [5, 5.41) is 5.88. The highest BCUT2D eigenvalue weighted by Crippen LogP contribution is 2.34. The summed E-state index contributed by atoms with van der Waals surface area (Å²) in [5.41, 5.74) is 5.54. The second-order valence-electron chi connectivity index (χ2n) is 7.76. The first kappa shape index (κ1) is 22.0. The van der Waals surface area contributed by atoms with Crippen LogP contribution in [-0.2, 0) is 13.0 Å². The number of unbranched alkanes of at least 4 members (excludes halogenated alkanes) is 1. The standard InChI is InChI=1S/C24H35NS2/c1-7-8-10-18(4)15-22(25-16-21-11-9-14-26-21)24-20(6)19(5)23(27-24)13-12-17(2)3/h9-11,14-15,17,25H,7-8,12-13,16H2,1-6H3/b18-10+,22-15+. The SMILES string of the molecule is CCC/C=C(C)/C=C(/NCc1cccs1)c1sc(CCC(C)C)c(C)c1C. The van der Waals surface area contributed by atoms with Gasteiger partial charge >= 0.3 is 0 Å². The highest BCUT2D eigenvalue weighted by Gasteiger charge is 2.15.